The number of nitrogens with zero attached hydrogens (tertiary/aromatic N) is 7. The maximum absolute atomic E-state index is 4.70. The zero-order valence-corrected chi connectivity index (χ0v) is 17.4. The Kier molecular flexibility index (Phi) is 4.43. The Morgan fingerprint density at radius 2 is 2.00 bits per heavy atom. The van der Waals surface area contributed by atoms with E-state index >= 15 is 0 Å². The monoisotopic (exact) mass is 440 g/mol. The van der Waals surface area contributed by atoms with Crippen LogP contribution in [-0.4, -0.2) is 39.5 Å². The van der Waals surface area contributed by atoms with Gasteiger partial charge in [-0.3, -0.25) is 4.57 Å². The lowest BCUT2D eigenvalue weighted by Gasteiger charge is -2.09. The van der Waals surface area contributed by atoms with Gasteiger partial charge < -0.3 is 15.6 Å². The molecule has 0 aliphatic heterocycles. The van der Waals surface area contributed by atoms with Gasteiger partial charge in [0.1, 0.15) is 24.3 Å². The lowest BCUT2D eigenvalue weighted by molar-refractivity contribution is 0.995. The van der Waals surface area contributed by atoms with Crippen LogP contribution in [0, 0.1) is 0 Å². The van der Waals surface area contributed by atoms with Gasteiger partial charge in [-0.2, -0.15) is 21.3 Å². The van der Waals surface area contributed by atoms with E-state index in [1.807, 2.05) is 45.7 Å². The van der Waals surface area contributed by atoms with E-state index in [9.17, 15) is 0 Å². The molecule has 0 saturated heterocycles. The fourth-order valence-electron chi connectivity index (χ4n) is 3.40. The fraction of sp³-hybridized carbons (Fsp3) is 0.0476. The topological polar surface area (TPSA) is 122 Å². The Labute approximate surface area is 185 Å². The molecule has 0 aliphatic carbocycles. The molecule has 6 aromatic rings. The normalized spacial score (nSPS) is 11.2. The molecule has 5 heterocycles. The number of aromatic nitrogens is 8. The molecule has 1 aromatic carbocycles. The molecule has 156 valence electrons. The van der Waals surface area contributed by atoms with E-state index in [1.54, 1.807) is 29.9 Å². The zero-order chi connectivity index (χ0) is 21.3. The Hall–Kier alpha value is -4.38. The number of hydrogen-bond donors (Lipinski definition) is 3. The molecule has 11 heteroatoms. The van der Waals surface area contributed by atoms with Crippen molar-refractivity contribution in [1.29, 1.82) is 0 Å². The van der Waals surface area contributed by atoms with Crippen LogP contribution in [0.15, 0.2) is 66.0 Å². The number of nitrogens with one attached hydrogen (secondary N) is 3. The maximum atomic E-state index is 4.70. The maximum Gasteiger partial charge on any atom is 0.232 e. The number of anilines is 3. The van der Waals surface area contributed by atoms with Crippen molar-refractivity contribution >= 4 is 51.1 Å². The van der Waals surface area contributed by atoms with Crippen LogP contribution in [-0.2, 0) is 6.54 Å². The van der Waals surface area contributed by atoms with Gasteiger partial charge in [0, 0.05) is 11.6 Å². The highest BCUT2D eigenvalue weighted by atomic mass is 32.1. The standard InChI is InChI=1S/C21H16N10S/c1-2-4-15-14(3-1)26-17(27-15)9-23-19-18-20(31(12-25-18)13-6-8-32-10-13)30-21(29-19)28-16-5-7-22-11-24-16/h1-8,10-12H,9H2,(H,26,27)(H2,22,23,24,28,29,30). The second kappa shape index (κ2) is 7.71. The molecule has 0 atom stereocenters. The van der Waals surface area contributed by atoms with Crippen LogP contribution >= 0.6 is 11.3 Å². The molecule has 0 aliphatic rings. The van der Waals surface area contributed by atoms with E-state index in [2.05, 4.69) is 40.5 Å². The first-order valence-corrected chi connectivity index (χ1v) is 10.8. The highest BCUT2D eigenvalue weighted by Crippen LogP contribution is 2.26. The Balaban J connectivity index is 1.39. The number of para-hydroxylation sites is 2. The first kappa shape index (κ1) is 18.4. The van der Waals surface area contributed by atoms with Gasteiger partial charge in [-0.25, -0.2) is 19.9 Å². The summed E-state index contributed by atoms with van der Waals surface area (Å²) in [6.07, 6.45) is 4.88. The summed E-state index contributed by atoms with van der Waals surface area (Å²) in [5.41, 5.74) is 4.25. The Bertz CT molecular complexity index is 1470. The summed E-state index contributed by atoms with van der Waals surface area (Å²) in [5.74, 6) is 2.41. The van der Waals surface area contributed by atoms with Gasteiger partial charge in [-0.1, -0.05) is 12.1 Å². The van der Waals surface area contributed by atoms with Gasteiger partial charge in [0.2, 0.25) is 5.95 Å². The molecule has 0 bridgehead atoms. The number of imidazole rings is 2. The van der Waals surface area contributed by atoms with Crippen molar-refractivity contribution in [3.8, 4) is 5.69 Å². The molecule has 0 radical (unpaired) electrons. The summed E-state index contributed by atoms with van der Waals surface area (Å²) in [6, 6.07) is 11.7. The van der Waals surface area contributed by atoms with Crippen LogP contribution in [0.25, 0.3) is 27.9 Å². The third kappa shape index (κ3) is 3.40. The van der Waals surface area contributed by atoms with E-state index in [0.717, 1.165) is 22.5 Å². The molecule has 0 saturated carbocycles. The van der Waals surface area contributed by atoms with Crippen molar-refractivity contribution in [1.82, 2.24) is 39.5 Å². The first-order chi connectivity index (χ1) is 15.8. The lowest BCUT2D eigenvalue weighted by Crippen LogP contribution is -2.08. The summed E-state index contributed by atoms with van der Waals surface area (Å²) in [7, 11) is 0. The van der Waals surface area contributed by atoms with Crippen LogP contribution in [0.3, 0.4) is 0 Å². The summed E-state index contributed by atoms with van der Waals surface area (Å²) in [4.78, 5) is 30.0. The largest absolute Gasteiger partial charge is 0.361 e. The second-order valence-electron chi connectivity index (χ2n) is 6.94. The Morgan fingerprint density at radius 1 is 1.03 bits per heavy atom. The first-order valence-electron chi connectivity index (χ1n) is 9.82. The fourth-order valence-corrected chi connectivity index (χ4v) is 4.03. The number of thiophene rings is 1. The molecule has 0 spiro atoms. The minimum atomic E-state index is 0.403. The smallest absolute Gasteiger partial charge is 0.232 e. The quantitative estimate of drug-likeness (QED) is 0.356. The molecule has 0 amide bonds. The van der Waals surface area contributed by atoms with Gasteiger partial charge in [0.25, 0.3) is 0 Å². The highest BCUT2D eigenvalue weighted by molar-refractivity contribution is 7.08. The van der Waals surface area contributed by atoms with Crippen LogP contribution in [0.4, 0.5) is 17.6 Å². The van der Waals surface area contributed by atoms with E-state index in [1.165, 1.54) is 6.33 Å². The highest BCUT2D eigenvalue weighted by Gasteiger charge is 2.15. The molecule has 0 unspecified atom stereocenters. The summed E-state index contributed by atoms with van der Waals surface area (Å²) < 4.78 is 1.94. The van der Waals surface area contributed by atoms with Crippen molar-refractivity contribution in [2.75, 3.05) is 10.6 Å². The van der Waals surface area contributed by atoms with E-state index < -0.39 is 0 Å². The molecular formula is C21H16N10S. The van der Waals surface area contributed by atoms with Gasteiger partial charge in [-0.15, -0.1) is 0 Å². The number of H-pyrrole nitrogens is 1. The molecule has 10 nitrogen and oxygen atoms in total. The minimum Gasteiger partial charge on any atom is -0.361 e. The van der Waals surface area contributed by atoms with Gasteiger partial charge in [0.05, 0.1) is 23.3 Å². The van der Waals surface area contributed by atoms with Crippen molar-refractivity contribution in [3.63, 3.8) is 0 Å². The zero-order valence-electron chi connectivity index (χ0n) is 16.6. The van der Waals surface area contributed by atoms with E-state index in [4.69, 9.17) is 4.98 Å². The van der Waals surface area contributed by atoms with Gasteiger partial charge >= 0.3 is 0 Å². The lowest BCUT2D eigenvalue weighted by atomic mass is 10.3. The predicted molar refractivity (Wildman–Crippen MR) is 123 cm³/mol. The van der Waals surface area contributed by atoms with Crippen LogP contribution in [0.2, 0.25) is 0 Å². The summed E-state index contributed by atoms with van der Waals surface area (Å²) >= 11 is 1.61. The molecule has 32 heavy (non-hydrogen) atoms. The number of aromatic amines is 1. The van der Waals surface area contributed by atoms with Crippen LogP contribution in [0.5, 0.6) is 0 Å². The molecule has 5 aromatic heterocycles. The Morgan fingerprint density at radius 3 is 2.84 bits per heavy atom. The second-order valence-corrected chi connectivity index (χ2v) is 7.72. The van der Waals surface area contributed by atoms with Crippen molar-refractivity contribution < 1.29 is 0 Å². The molecule has 3 N–H and O–H groups in total. The van der Waals surface area contributed by atoms with Gasteiger partial charge in [-0.05, 0) is 29.6 Å². The van der Waals surface area contributed by atoms with Crippen molar-refractivity contribution in [2.45, 2.75) is 6.54 Å². The molecule has 0 fully saturated rings. The third-order valence-electron chi connectivity index (χ3n) is 4.86. The SMILES string of the molecule is c1ccc2[nH]c(CNc3nc(Nc4ccncn4)nc4c3ncn4-c3ccsc3)nc2c1. The van der Waals surface area contributed by atoms with Crippen LogP contribution in [0.1, 0.15) is 5.82 Å². The average Bonchev–Trinajstić information content (AvgIpc) is 3.57. The number of fused-ring (bicyclic) bond motifs is 2. The number of benzene rings is 1. The van der Waals surface area contributed by atoms with Crippen LogP contribution < -0.4 is 10.6 Å². The van der Waals surface area contributed by atoms with E-state index in [0.29, 0.717) is 35.3 Å². The van der Waals surface area contributed by atoms with Crippen molar-refractivity contribution in [2.24, 2.45) is 0 Å². The van der Waals surface area contributed by atoms with Gasteiger partial charge in [0.15, 0.2) is 17.0 Å². The van der Waals surface area contributed by atoms with E-state index in [-0.39, 0.29) is 0 Å². The molecular weight excluding hydrogens is 424 g/mol. The third-order valence-corrected chi connectivity index (χ3v) is 5.53. The summed E-state index contributed by atoms with van der Waals surface area (Å²) in [6.45, 7) is 0.457. The number of hydrogen-bond acceptors (Lipinski definition) is 9. The number of rotatable bonds is 6. The average molecular weight is 440 g/mol. The minimum absolute atomic E-state index is 0.403. The predicted octanol–water partition coefficient (Wildman–Crippen LogP) is 3.90. The van der Waals surface area contributed by atoms with Crippen molar-refractivity contribution in [3.05, 3.63) is 71.8 Å². The molecule has 6 rings (SSSR count). The summed E-state index contributed by atoms with van der Waals surface area (Å²) in [5, 5.41) is 10.6.